The molecular weight excluding hydrogens is 190 g/mol. The van der Waals surface area contributed by atoms with E-state index >= 15 is 0 Å². The average molecular weight is 211 g/mol. The minimum absolute atomic E-state index is 0.300. The van der Waals surface area contributed by atoms with E-state index in [2.05, 4.69) is 45.8 Å². The van der Waals surface area contributed by atoms with Gasteiger partial charge in [-0.3, -0.25) is 15.0 Å². The van der Waals surface area contributed by atoms with Gasteiger partial charge in [0.15, 0.2) is 0 Å². The summed E-state index contributed by atoms with van der Waals surface area (Å²) in [7, 11) is 0. The van der Waals surface area contributed by atoms with Gasteiger partial charge >= 0.3 is 0 Å². The first-order valence-electron chi connectivity index (χ1n) is 5.06. The Hall–Kier alpha value is -1.07. The van der Waals surface area contributed by atoms with Gasteiger partial charge in [0.1, 0.15) is 0 Å². The van der Waals surface area contributed by atoms with Crippen molar-refractivity contribution < 1.29 is 0 Å². The predicted octanol–water partition coefficient (Wildman–Crippen LogP) is -0.364. The van der Waals surface area contributed by atoms with Crippen LogP contribution in [0.15, 0.2) is 15.0 Å². The van der Waals surface area contributed by atoms with Crippen molar-refractivity contribution in [1.82, 2.24) is 10.6 Å². The summed E-state index contributed by atoms with van der Waals surface area (Å²) < 4.78 is 0. The fraction of sp³-hybridized carbons (Fsp3) is 0.700. The van der Waals surface area contributed by atoms with Gasteiger partial charge in [0.05, 0.1) is 19.6 Å². The number of hydrogen-bond acceptors (Lipinski definition) is 5. The molecule has 2 N–H and O–H groups in total. The summed E-state index contributed by atoms with van der Waals surface area (Å²) >= 11 is 0. The highest BCUT2D eigenvalue weighted by molar-refractivity contribution is 5.23. The van der Waals surface area contributed by atoms with Crippen molar-refractivity contribution in [2.75, 3.05) is 39.3 Å². The van der Waals surface area contributed by atoms with Crippen molar-refractivity contribution in [3.63, 3.8) is 0 Å². The molecule has 1 unspecified atom stereocenters. The summed E-state index contributed by atoms with van der Waals surface area (Å²) in [5.41, 5.74) is 0. The predicted molar refractivity (Wildman–Crippen MR) is 67.9 cm³/mol. The third-order valence-electron chi connectivity index (χ3n) is 1.89. The van der Waals surface area contributed by atoms with Crippen LogP contribution in [0.3, 0.4) is 0 Å². The standard InChI is InChI=1S/C10H21N5/c1-11-4-6-14-9-10(8-13-3)15-7-5-12-2/h10,14-15H,1-9H2. The summed E-state index contributed by atoms with van der Waals surface area (Å²) in [4.78, 5) is 11.4. The first-order valence-corrected chi connectivity index (χ1v) is 5.06. The molecule has 0 fully saturated rings. The van der Waals surface area contributed by atoms with Gasteiger partial charge in [-0.1, -0.05) is 0 Å². The largest absolute Gasteiger partial charge is 0.313 e. The normalized spacial score (nSPS) is 12.0. The van der Waals surface area contributed by atoms with Crippen LogP contribution >= 0.6 is 0 Å². The SMILES string of the molecule is C=NCCNCC(CN=C)NCCN=C. The molecule has 0 aromatic heterocycles. The number of rotatable bonds is 11. The van der Waals surface area contributed by atoms with E-state index in [9.17, 15) is 0 Å². The summed E-state index contributed by atoms with van der Waals surface area (Å²) in [6.07, 6.45) is 0. The monoisotopic (exact) mass is 211 g/mol. The van der Waals surface area contributed by atoms with E-state index in [0.29, 0.717) is 12.6 Å². The maximum Gasteiger partial charge on any atom is 0.0548 e. The molecule has 1 atom stereocenters. The third-order valence-corrected chi connectivity index (χ3v) is 1.89. The van der Waals surface area contributed by atoms with E-state index in [1.807, 2.05) is 0 Å². The fourth-order valence-corrected chi connectivity index (χ4v) is 1.14. The highest BCUT2D eigenvalue weighted by atomic mass is 15.0. The number of nitrogens with zero attached hydrogens (tertiary/aromatic N) is 3. The Morgan fingerprint density at radius 3 is 2.20 bits per heavy atom. The number of hydrogen-bond donors (Lipinski definition) is 2. The zero-order valence-corrected chi connectivity index (χ0v) is 9.28. The van der Waals surface area contributed by atoms with E-state index < -0.39 is 0 Å². The topological polar surface area (TPSA) is 61.1 Å². The Bertz CT molecular complexity index is 181. The highest BCUT2D eigenvalue weighted by Crippen LogP contribution is 1.83. The molecule has 0 aromatic carbocycles. The third kappa shape index (κ3) is 9.24. The van der Waals surface area contributed by atoms with Gasteiger partial charge in [0.2, 0.25) is 0 Å². The zero-order valence-electron chi connectivity index (χ0n) is 9.28. The lowest BCUT2D eigenvalue weighted by Crippen LogP contribution is -2.42. The second kappa shape index (κ2) is 11.0. The van der Waals surface area contributed by atoms with Crippen molar-refractivity contribution in [2.24, 2.45) is 15.0 Å². The molecule has 0 amide bonds. The van der Waals surface area contributed by atoms with Crippen LogP contribution in [0.1, 0.15) is 0 Å². The molecule has 15 heavy (non-hydrogen) atoms. The van der Waals surface area contributed by atoms with Crippen molar-refractivity contribution >= 4 is 20.2 Å². The second-order valence-electron chi connectivity index (χ2n) is 3.16. The summed E-state index contributed by atoms with van der Waals surface area (Å²) in [6.45, 7) is 15.0. The van der Waals surface area contributed by atoms with Gasteiger partial charge in [-0.25, -0.2) is 0 Å². The first kappa shape index (κ1) is 13.9. The maximum atomic E-state index is 3.88. The van der Waals surface area contributed by atoms with Gasteiger partial charge in [-0.2, -0.15) is 0 Å². The quantitative estimate of drug-likeness (QED) is 0.362. The smallest absolute Gasteiger partial charge is 0.0548 e. The lowest BCUT2D eigenvalue weighted by Gasteiger charge is -2.16. The zero-order chi connectivity index (χ0) is 11.4. The van der Waals surface area contributed by atoms with Gasteiger partial charge in [0.25, 0.3) is 0 Å². The molecule has 0 radical (unpaired) electrons. The van der Waals surface area contributed by atoms with Crippen LogP contribution in [-0.4, -0.2) is 65.5 Å². The molecule has 0 rings (SSSR count). The van der Waals surface area contributed by atoms with Crippen molar-refractivity contribution in [2.45, 2.75) is 6.04 Å². The van der Waals surface area contributed by atoms with Gasteiger partial charge in [0, 0.05) is 25.7 Å². The van der Waals surface area contributed by atoms with E-state index in [0.717, 1.165) is 32.7 Å². The molecular formula is C10H21N5. The minimum Gasteiger partial charge on any atom is -0.313 e. The fourth-order valence-electron chi connectivity index (χ4n) is 1.14. The van der Waals surface area contributed by atoms with E-state index in [4.69, 9.17) is 0 Å². The molecule has 5 nitrogen and oxygen atoms in total. The van der Waals surface area contributed by atoms with Crippen LogP contribution < -0.4 is 10.6 Å². The van der Waals surface area contributed by atoms with Crippen LogP contribution in [0.4, 0.5) is 0 Å². The van der Waals surface area contributed by atoms with Crippen molar-refractivity contribution in [3.8, 4) is 0 Å². The van der Waals surface area contributed by atoms with Crippen LogP contribution in [0.5, 0.6) is 0 Å². The van der Waals surface area contributed by atoms with Gasteiger partial charge in [-0.15, -0.1) is 0 Å². The van der Waals surface area contributed by atoms with Crippen molar-refractivity contribution in [3.05, 3.63) is 0 Å². The summed E-state index contributed by atoms with van der Waals surface area (Å²) in [6, 6.07) is 0.300. The Morgan fingerprint density at radius 1 is 0.933 bits per heavy atom. The minimum atomic E-state index is 0.300. The second-order valence-corrected chi connectivity index (χ2v) is 3.16. The molecule has 0 aliphatic rings. The van der Waals surface area contributed by atoms with Crippen LogP contribution in [-0.2, 0) is 0 Å². The van der Waals surface area contributed by atoms with Gasteiger partial charge < -0.3 is 10.6 Å². The molecule has 0 saturated carbocycles. The molecule has 0 aliphatic carbocycles. The Morgan fingerprint density at radius 2 is 1.60 bits per heavy atom. The summed E-state index contributed by atoms with van der Waals surface area (Å²) in [5, 5.41) is 6.59. The van der Waals surface area contributed by atoms with Crippen LogP contribution in [0, 0.1) is 0 Å². The van der Waals surface area contributed by atoms with Crippen LogP contribution in [0.25, 0.3) is 0 Å². The Kier molecular flexibility index (Phi) is 10.2. The van der Waals surface area contributed by atoms with E-state index in [1.54, 1.807) is 0 Å². The first-order chi connectivity index (χ1) is 7.35. The van der Waals surface area contributed by atoms with E-state index in [1.165, 1.54) is 0 Å². The molecule has 0 saturated heterocycles. The maximum absolute atomic E-state index is 3.88. The number of nitrogens with one attached hydrogen (secondary N) is 2. The average Bonchev–Trinajstić information content (AvgIpc) is 2.24. The molecule has 0 bridgehead atoms. The van der Waals surface area contributed by atoms with Gasteiger partial charge in [-0.05, 0) is 20.2 Å². The number of aliphatic imine (C=N–C) groups is 3. The lowest BCUT2D eigenvalue weighted by molar-refractivity contribution is 0.490. The van der Waals surface area contributed by atoms with E-state index in [-0.39, 0.29) is 0 Å². The molecule has 0 aliphatic heterocycles. The van der Waals surface area contributed by atoms with Crippen LogP contribution in [0.2, 0.25) is 0 Å². The molecule has 0 heterocycles. The highest BCUT2D eigenvalue weighted by Gasteiger charge is 2.04. The lowest BCUT2D eigenvalue weighted by atomic mass is 10.3. The summed E-state index contributed by atoms with van der Waals surface area (Å²) in [5.74, 6) is 0. The Labute approximate surface area is 91.8 Å². The Balaban J connectivity index is 3.56. The molecule has 0 aromatic rings. The molecule has 0 spiro atoms. The van der Waals surface area contributed by atoms with Crippen molar-refractivity contribution in [1.29, 1.82) is 0 Å². The molecule has 5 heteroatoms. The molecule has 86 valence electrons.